The van der Waals surface area contributed by atoms with E-state index in [4.69, 9.17) is 4.74 Å². The van der Waals surface area contributed by atoms with E-state index < -0.39 is 0 Å². The lowest BCUT2D eigenvalue weighted by atomic mass is 10.0. The van der Waals surface area contributed by atoms with E-state index in [1.807, 2.05) is 26.0 Å². The minimum atomic E-state index is -0.0703. The first kappa shape index (κ1) is 13.4. The molecule has 2 fully saturated rings. The molecule has 0 aliphatic carbocycles. The van der Waals surface area contributed by atoms with Gasteiger partial charge in [-0.1, -0.05) is 0 Å². The Labute approximate surface area is 97.7 Å². The second-order valence-electron chi connectivity index (χ2n) is 4.88. The number of amides is 1. The van der Waals surface area contributed by atoms with Gasteiger partial charge in [-0.2, -0.15) is 0 Å². The fourth-order valence-electron chi connectivity index (χ4n) is 1.94. The van der Waals surface area contributed by atoms with Crippen molar-refractivity contribution in [3.63, 3.8) is 0 Å². The molecule has 2 aliphatic heterocycles. The third-order valence-electron chi connectivity index (χ3n) is 2.63. The summed E-state index contributed by atoms with van der Waals surface area (Å²) in [5.74, 6) is 0. The highest BCUT2D eigenvalue weighted by atomic mass is 16.5. The molecular weight excluding hydrogens is 206 g/mol. The molecule has 1 N–H and O–H groups in total. The van der Waals surface area contributed by atoms with Crippen LogP contribution in [0.1, 0.15) is 6.42 Å². The molecule has 0 aromatic rings. The van der Waals surface area contributed by atoms with Crippen LogP contribution in [-0.4, -0.2) is 75.7 Å². The fraction of sp³-hybridized carbons (Fsp3) is 0.909. The van der Waals surface area contributed by atoms with Gasteiger partial charge in [-0.15, -0.1) is 0 Å². The summed E-state index contributed by atoms with van der Waals surface area (Å²) < 4.78 is 5.70. The maximum absolute atomic E-state index is 10.5. The van der Waals surface area contributed by atoms with Crippen molar-refractivity contribution in [3.8, 4) is 0 Å². The largest absolute Gasteiger partial charge is 0.370 e. The van der Waals surface area contributed by atoms with Gasteiger partial charge in [0.1, 0.15) is 0 Å². The number of carbonyl (C=O) groups is 1. The van der Waals surface area contributed by atoms with E-state index in [2.05, 4.69) is 5.32 Å². The molecule has 16 heavy (non-hydrogen) atoms. The minimum absolute atomic E-state index is 0.0703. The summed E-state index contributed by atoms with van der Waals surface area (Å²) in [6.45, 7) is 4.07. The Morgan fingerprint density at radius 1 is 1.44 bits per heavy atom. The van der Waals surface area contributed by atoms with Gasteiger partial charge in [0.25, 0.3) is 0 Å². The molecule has 0 saturated carbocycles. The average molecular weight is 229 g/mol. The van der Waals surface area contributed by atoms with Gasteiger partial charge in [0.15, 0.2) is 0 Å². The van der Waals surface area contributed by atoms with Crippen LogP contribution in [0, 0.1) is 0 Å². The van der Waals surface area contributed by atoms with Gasteiger partial charge in [-0.25, -0.2) is 0 Å². The van der Waals surface area contributed by atoms with E-state index in [9.17, 15) is 4.79 Å². The molecule has 0 aromatic heterocycles. The smallest absolute Gasteiger partial charge is 0.209 e. The quantitative estimate of drug-likeness (QED) is 0.609. The molecule has 0 radical (unpaired) electrons. The number of hydrogen-bond acceptors (Lipinski definition) is 4. The predicted octanol–water partition coefficient (Wildman–Crippen LogP) is -0.615. The van der Waals surface area contributed by atoms with Gasteiger partial charge in [0.05, 0.1) is 18.8 Å². The van der Waals surface area contributed by atoms with Crippen molar-refractivity contribution in [2.45, 2.75) is 12.0 Å². The molecule has 2 aliphatic rings. The summed E-state index contributed by atoms with van der Waals surface area (Å²) in [5, 5.41) is 3.26. The first-order chi connectivity index (χ1) is 7.58. The van der Waals surface area contributed by atoms with E-state index in [0.717, 1.165) is 39.0 Å². The summed E-state index contributed by atoms with van der Waals surface area (Å²) in [4.78, 5) is 14.4. The third kappa shape index (κ3) is 4.08. The van der Waals surface area contributed by atoms with Crippen molar-refractivity contribution in [3.05, 3.63) is 0 Å². The number of carbonyl (C=O) groups excluding carboxylic acids is 1. The number of morpholine rings is 1. The molecule has 0 bridgehead atoms. The number of ether oxygens (including phenoxy) is 1. The highest BCUT2D eigenvalue weighted by Gasteiger charge is 2.38. The molecule has 2 saturated heterocycles. The molecule has 5 heteroatoms. The Bertz CT molecular complexity index is 213. The molecule has 5 nitrogen and oxygen atoms in total. The van der Waals surface area contributed by atoms with Crippen LogP contribution in [0.25, 0.3) is 0 Å². The predicted molar refractivity (Wildman–Crippen MR) is 63.4 cm³/mol. The van der Waals surface area contributed by atoms with E-state index in [-0.39, 0.29) is 5.60 Å². The zero-order valence-corrected chi connectivity index (χ0v) is 10.5. The first-order valence-electron chi connectivity index (χ1n) is 5.73. The van der Waals surface area contributed by atoms with Gasteiger partial charge in [0.2, 0.25) is 6.41 Å². The van der Waals surface area contributed by atoms with Gasteiger partial charge < -0.3 is 19.9 Å². The molecule has 2 heterocycles. The number of nitrogens with one attached hydrogen (secondary N) is 1. The summed E-state index contributed by atoms with van der Waals surface area (Å²) >= 11 is 0. The Kier molecular flexibility index (Phi) is 5.18. The topological polar surface area (TPSA) is 44.8 Å². The zero-order chi connectivity index (χ0) is 12.0. The lowest BCUT2D eigenvalue weighted by Crippen LogP contribution is -2.52. The number of nitrogens with zero attached hydrogens (tertiary/aromatic N) is 2. The Balaban J connectivity index is 0.000000280. The van der Waals surface area contributed by atoms with Gasteiger partial charge in [-0.3, -0.25) is 4.79 Å². The van der Waals surface area contributed by atoms with Crippen molar-refractivity contribution >= 4 is 6.41 Å². The molecule has 1 spiro atoms. The van der Waals surface area contributed by atoms with Crippen LogP contribution in [0.4, 0.5) is 0 Å². The maximum Gasteiger partial charge on any atom is 0.209 e. The van der Waals surface area contributed by atoms with E-state index in [0.29, 0.717) is 6.61 Å². The summed E-state index contributed by atoms with van der Waals surface area (Å²) in [6.07, 6.45) is 1.94. The van der Waals surface area contributed by atoms with Gasteiger partial charge >= 0.3 is 0 Å². The highest BCUT2D eigenvalue weighted by molar-refractivity contribution is 5.47. The summed E-state index contributed by atoms with van der Waals surface area (Å²) in [7, 11) is 6.00. The second-order valence-corrected chi connectivity index (χ2v) is 4.88. The van der Waals surface area contributed by atoms with Crippen LogP contribution in [0.2, 0.25) is 0 Å². The van der Waals surface area contributed by atoms with Crippen LogP contribution in [0.5, 0.6) is 0 Å². The molecule has 1 atom stereocenters. The SMILES string of the molecule is CN(C)C.O=CN1CCOC2(CCNC2)C1. The van der Waals surface area contributed by atoms with Crippen molar-refractivity contribution in [1.29, 1.82) is 0 Å². The van der Waals surface area contributed by atoms with E-state index in [1.165, 1.54) is 0 Å². The Hall–Kier alpha value is -0.650. The van der Waals surface area contributed by atoms with Crippen molar-refractivity contribution in [2.75, 3.05) is 53.9 Å². The average Bonchev–Trinajstić information content (AvgIpc) is 2.65. The number of rotatable bonds is 1. The molecule has 2 rings (SSSR count). The minimum Gasteiger partial charge on any atom is -0.370 e. The van der Waals surface area contributed by atoms with Crippen LogP contribution in [-0.2, 0) is 9.53 Å². The lowest BCUT2D eigenvalue weighted by molar-refractivity contribution is -0.135. The van der Waals surface area contributed by atoms with Crippen LogP contribution in [0.3, 0.4) is 0 Å². The Morgan fingerprint density at radius 2 is 2.12 bits per heavy atom. The lowest BCUT2D eigenvalue weighted by Gasteiger charge is -2.38. The van der Waals surface area contributed by atoms with Crippen LogP contribution >= 0.6 is 0 Å². The molecule has 0 aromatic carbocycles. The monoisotopic (exact) mass is 229 g/mol. The molecule has 1 unspecified atom stereocenters. The van der Waals surface area contributed by atoms with E-state index in [1.54, 1.807) is 4.90 Å². The molecular formula is C11H23N3O2. The van der Waals surface area contributed by atoms with Crippen molar-refractivity contribution < 1.29 is 9.53 Å². The summed E-state index contributed by atoms with van der Waals surface area (Å²) in [5.41, 5.74) is -0.0703. The normalized spacial score (nSPS) is 29.1. The molecule has 1 amide bonds. The number of hydrogen-bond donors (Lipinski definition) is 1. The van der Waals surface area contributed by atoms with Gasteiger partial charge in [0, 0.05) is 13.1 Å². The zero-order valence-electron chi connectivity index (χ0n) is 10.5. The standard InChI is InChI=1S/C8H14N2O2.C3H9N/c11-7-10-3-4-12-8(6-10)1-2-9-5-8;1-4(2)3/h7,9H,1-6H2;1-3H3. The second kappa shape index (κ2) is 6.18. The fourth-order valence-corrected chi connectivity index (χ4v) is 1.94. The van der Waals surface area contributed by atoms with Crippen molar-refractivity contribution in [1.82, 2.24) is 15.1 Å². The van der Waals surface area contributed by atoms with Crippen LogP contribution in [0.15, 0.2) is 0 Å². The molecule has 94 valence electrons. The van der Waals surface area contributed by atoms with Gasteiger partial charge in [-0.05, 0) is 34.1 Å². The maximum atomic E-state index is 10.5. The Morgan fingerprint density at radius 3 is 2.62 bits per heavy atom. The summed E-state index contributed by atoms with van der Waals surface area (Å²) in [6, 6.07) is 0. The highest BCUT2D eigenvalue weighted by Crippen LogP contribution is 2.23. The first-order valence-corrected chi connectivity index (χ1v) is 5.73. The van der Waals surface area contributed by atoms with Crippen molar-refractivity contribution in [2.24, 2.45) is 0 Å². The third-order valence-corrected chi connectivity index (χ3v) is 2.63. The van der Waals surface area contributed by atoms with E-state index >= 15 is 0 Å². The van der Waals surface area contributed by atoms with Crippen LogP contribution < -0.4 is 5.32 Å².